The van der Waals surface area contributed by atoms with Gasteiger partial charge in [-0.3, -0.25) is 0 Å². The van der Waals surface area contributed by atoms with Gasteiger partial charge in [0.15, 0.2) is 0 Å². The minimum Gasteiger partial charge on any atom is -0.494 e. The second-order valence-electron chi connectivity index (χ2n) is 12.1. The molecule has 0 amide bonds. The lowest BCUT2D eigenvalue weighted by Gasteiger charge is -2.16. The van der Waals surface area contributed by atoms with E-state index in [9.17, 15) is 5.11 Å². The highest BCUT2D eigenvalue weighted by Crippen LogP contribution is 2.29. The third-order valence-electron chi connectivity index (χ3n) is 8.41. The second-order valence-corrected chi connectivity index (χ2v) is 12.1. The zero-order valence-corrected chi connectivity index (χ0v) is 28.0. The molecular weight excluding hydrogens is 592 g/mol. The van der Waals surface area contributed by atoms with Gasteiger partial charge in [-0.05, 0) is 84.1 Å². The van der Waals surface area contributed by atoms with Gasteiger partial charge in [0.2, 0.25) is 0 Å². The average Bonchev–Trinajstić information content (AvgIpc) is 4.05. The molecule has 4 aromatic carbocycles. The van der Waals surface area contributed by atoms with Gasteiger partial charge < -0.3 is 33.5 Å². The predicted octanol–water partition coefficient (Wildman–Crippen LogP) is 7.78. The van der Waals surface area contributed by atoms with Crippen molar-refractivity contribution in [2.24, 2.45) is 0 Å². The molecule has 5 atom stereocenters. The van der Waals surface area contributed by atoms with E-state index in [1.807, 2.05) is 55.5 Å². The SMILES string of the molecule is CCC1CO1.CCOc1ccc(C(C)c2ccc(OCC(O)COc3ccc(C(C)c4ccc(OCC5CO5)cc4)cc3)cc2)cc1. The molecule has 6 rings (SSSR count). The van der Waals surface area contributed by atoms with Crippen molar-refractivity contribution >= 4 is 0 Å². The van der Waals surface area contributed by atoms with Crippen LogP contribution in [0.5, 0.6) is 23.0 Å². The van der Waals surface area contributed by atoms with Gasteiger partial charge in [-0.2, -0.15) is 0 Å². The molecule has 2 aliphatic heterocycles. The molecule has 5 unspecified atom stereocenters. The number of aliphatic hydroxyl groups excluding tert-OH is 1. The minimum absolute atomic E-state index is 0.148. The van der Waals surface area contributed by atoms with E-state index in [-0.39, 0.29) is 31.2 Å². The summed E-state index contributed by atoms with van der Waals surface area (Å²) in [4.78, 5) is 0. The van der Waals surface area contributed by atoms with Crippen LogP contribution in [0.25, 0.3) is 0 Å². The van der Waals surface area contributed by atoms with Crippen LogP contribution in [0.15, 0.2) is 97.1 Å². The smallest absolute Gasteiger partial charge is 0.122 e. The molecule has 0 aliphatic carbocycles. The molecule has 0 bridgehead atoms. The maximum atomic E-state index is 10.4. The first-order chi connectivity index (χ1) is 22.9. The normalized spacial score (nSPS) is 18.1. The molecule has 0 radical (unpaired) electrons. The lowest BCUT2D eigenvalue weighted by molar-refractivity contribution is 0.0626. The van der Waals surface area contributed by atoms with E-state index in [4.69, 9.17) is 28.4 Å². The van der Waals surface area contributed by atoms with Crippen molar-refractivity contribution in [2.45, 2.75) is 64.3 Å². The number of aliphatic hydroxyl groups is 1. The maximum absolute atomic E-state index is 10.4. The highest BCUT2D eigenvalue weighted by molar-refractivity contribution is 5.39. The molecule has 2 aliphatic rings. The Morgan fingerprint density at radius 1 is 0.553 bits per heavy atom. The number of hydrogen-bond donors (Lipinski definition) is 1. The fraction of sp³-hybridized carbons (Fsp3) is 0.400. The average molecular weight is 641 g/mol. The largest absolute Gasteiger partial charge is 0.494 e. The number of hydrogen-bond acceptors (Lipinski definition) is 7. The molecule has 4 aromatic rings. The predicted molar refractivity (Wildman–Crippen MR) is 184 cm³/mol. The fourth-order valence-electron chi connectivity index (χ4n) is 5.05. The van der Waals surface area contributed by atoms with Crippen molar-refractivity contribution in [3.63, 3.8) is 0 Å². The third kappa shape index (κ3) is 11.0. The van der Waals surface area contributed by atoms with Gasteiger partial charge >= 0.3 is 0 Å². The highest BCUT2D eigenvalue weighted by atomic mass is 16.6. The summed E-state index contributed by atoms with van der Waals surface area (Å²) in [5, 5.41) is 10.4. The van der Waals surface area contributed by atoms with Gasteiger partial charge in [0.05, 0.1) is 25.9 Å². The van der Waals surface area contributed by atoms with E-state index < -0.39 is 6.10 Å². The molecule has 2 saturated heterocycles. The molecule has 250 valence electrons. The van der Waals surface area contributed by atoms with Crippen LogP contribution in [0, 0.1) is 0 Å². The van der Waals surface area contributed by atoms with Crippen molar-refractivity contribution < 1.29 is 33.5 Å². The van der Waals surface area contributed by atoms with Gasteiger partial charge in [-0.25, -0.2) is 0 Å². The van der Waals surface area contributed by atoms with Crippen LogP contribution in [0.4, 0.5) is 0 Å². The van der Waals surface area contributed by atoms with Crippen LogP contribution in [-0.2, 0) is 9.47 Å². The van der Waals surface area contributed by atoms with Gasteiger partial charge in [0.25, 0.3) is 0 Å². The first-order valence-corrected chi connectivity index (χ1v) is 16.7. The van der Waals surface area contributed by atoms with E-state index >= 15 is 0 Å². The van der Waals surface area contributed by atoms with E-state index in [0.717, 1.165) is 24.7 Å². The monoisotopic (exact) mass is 640 g/mol. The summed E-state index contributed by atoms with van der Waals surface area (Å²) < 4.78 is 33.0. The van der Waals surface area contributed by atoms with Crippen molar-refractivity contribution in [1.29, 1.82) is 0 Å². The Balaban J connectivity index is 0.000000792. The van der Waals surface area contributed by atoms with E-state index in [2.05, 4.69) is 69.3 Å². The lowest BCUT2D eigenvalue weighted by Crippen LogP contribution is -2.25. The fourth-order valence-corrected chi connectivity index (χ4v) is 5.05. The summed E-state index contributed by atoms with van der Waals surface area (Å²) in [5.41, 5.74) is 4.82. The second kappa shape index (κ2) is 17.2. The molecule has 0 aromatic heterocycles. The van der Waals surface area contributed by atoms with Crippen LogP contribution >= 0.6 is 0 Å². The molecule has 0 saturated carbocycles. The molecule has 47 heavy (non-hydrogen) atoms. The zero-order valence-electron chi connectivity index (χ0n) is 28.0. The third-order valence-corrected chi connectivity index (χ3v) is 8.41. The number of rotatable bonds is 16. The van der Waals surface area contributed by atoms with Crippen molar-refractivity contribution in [1.82, 2.24) is 0 Å². The van der Waals surface area contributed by atoms with Crippen LogP contribution < -0.4 is 18.9 Å². The number of benzene rings is 4. The number of ether oxygens (including phenoxy) is 6. The summed E-state index contributed by atoms with van der Waals surface area (Å²) in [5.74, 6) is 3.65. The Labute approximate surface area is 279 Å². The summed E-state index contributed by atoms with van der Waals surface area (Å²) >= 11 is 0. The standard InChI is InChI=1S/C36H40O6.C4H8O/c1-4-38-32-13-5-27(6-14-32)25(2)28-7-15-33(16-8-28)39-21-31(37)22-40-34-17-9-29(10-18-34)26(3)30-11-19-35(20-12-30)41-23-36-24-42-36;1-2-4-3-5-4/h5-20,25-26,31,36-37H,4,21-24H2,1-3H3;4H,2-3H2,1H3. The van der Waals surface area contributed by atoms with Crippen LogP contribution in [-0.4, -0.2) is 63.1 Å². The van der Waals surface area contributed by atoms with E-state index in [1.165, 1.54) is 28.7 Å². The molecule has 0 spiro atoms. The van der Waals surface area contributed by atoms with E-state index in [1.54, 1.807) is 0 Å². The summed E-state index contributed by atoms with van der Waals surface area (Å²) in [7, 11) is 0. The quantitative estimate of drug-likeness (QED) is 0.125. The molecule has 7 heteroatoms. The first kappa shape index (κ1) is 34.3. The van der Waals surface area contributed by atoms with Gasteiger partial charge in [0, 0.05) is 11.8 Å². The number of epoxide rings is 2. The molecular formula is C40H48O7. The van der Waals surface area contributed by atoms with Crippen molar-refractivity contribution in [3.8, 4) is 23.0 Å². The van der Waals surface area contributed by atoms with Gasteiger partial charge in [-0.1, -0.05) is 69.3 Å². The Bertz CT molecular complexity index is 1460. The maximum Gasteiger partial charge on any atom is 0.122 e. The van der Waals surface area contributed by atoms with Crippen LogP contribution in [0.1, 0.15) is 68.2 Å². The molecule has 7 nitrogen and oxygen atoms in total. The van der Waals surface area contributed by atoms with Crippen molar-refractivity contribution in [3.05, 3.63) is 119 Å². The zero-order chi connectivity index (χ0) is 33.0. The molecule has 2 fully saturated rings. The summed E-state index contributed by atoms with van der Waals surface area (Å²) in [6.07, 6.45) is 1.33. The van der Waals surface area contributed by atoms with Crippen LogP contribution in [0.3, 0.4) is 0 Å². The molecule has 2 heterocycles. The first-order valence-electron chi connectivity index (χ1n) is 16.7. The Morgan fingerprint density at radius 3 is 1.19 bits per heavy atom. The lowest BCUT2D eigenvalue weighted by atomic mass is 9.93. The van der Waals surface area contributed by atoms with E-state index in [0.29, 0.717) is 30.8 Å². The highest BCUT2D eigenvalue weighted by Gasteiger charge is 2.23. The Morgan fingerprint density at radius 2 is 0.894 bits per heavy atom. The van der Waals surface area contributed by atoms with Gasteiger partial charge in [0.1, 0.15) is 55.0 Å². The Kier molecular flexibility index (Phi) is 12.6. The van der Waals surface area contributed by atoms with Crippen LogP contribution in [0.2, 0.25) is 0 Å². The molecule has 1 N–H and O–H groups in total. The minimum atomic E-state index is -0.752. The topological polar surface area (TPSA) is 82.2 Å². The Hall–Kier alpha value is -4.04. The van der Waals surface area contributed by atoms with Gasteiger partial charge in [-0.15, -0.1) is 0 Å². The van der Waals surface area contributed by atoms with Crippen molar-refractivity contribution in [2.75, 3.05) is 39.6 Å². The summed E-state index contributed by atoms with van der Waals surface area (Å²) in [6.45, 7) is 11.8. The summed E-state index contributed by atoms with van der Waals surface area (Å²) in [6, 6.07) is 32.5.